The molecule has 0 saturated heterocycles. The van der Waals surface area contributed by atoms with Crippen molar-refractivity contribution in [2.75, 3.05) is 4.90 Å². The first-order valence-corrected chi connectivity index (χ1v) is 21.1. The molecule has 2 aliphatic carbocycles. The summed E-state index contributed by atoms with van der Waals surface area (Å²) in [6, 6.07) is 53.6. The molecule has 1 unspecified atom stereocenters. The first kappa shape index (κ1) is 33.4. The molecule has 272 valence electrons. The minimum absolute atomic E-state index is 0.159. The van der Waals surface area contributed by atoms with Crippen LogP contribution in [0, 0.1) is 0 Å². The van der Waals surface area contributed by atoms with Crippen molar-refractivity contribution in [1.82, 2.24) is 0 Å². The van der Waals surface area contributed by atoms with Crippen molar-refractivity contribution < 1.29 is 4.42 Å². The van der Waals surface area contributed by atoms with Gasteiger partial charge in [0.05, 0.1) is 16.8 Å². The molecule has 2 aliphatic rings. The number of allylic oxidation sites excluding steroid dienone is 3. The predicted molar refractivity (Wildman–Crippen MR) is 240 cm³/mol. The fourth-order valence-corrected chi connectivity index (χ4v) is 11.2. The second-order valence-electron chi connectivity index (χ2n) is 16.1. The molecule has 3 heteroatoms. The van der Waals surface area contributed by atoms with E-state index in [1.54, 1.807) is 0 Å². The molecule has 0 spiro atoms. The van der Waals surface area contributed by atoms with Crippen molar-refractivity contribution in [3.05, 3.63) is 181 Å². The van der Waals surface area contributed by atoms with Crippen LogP contribution in [0.3, 0.4) is 0 Å². The summed E-state index contributed by atoms with van der Waals surface area (Å²) in [5, 5.41) is 7.68. The maximum absolute atomic E-state index is 6.52. The molecule has 2 heterocycles. The molecule has 2 aromatic heterocycles. The van der Waals surface area contributed by atoms with Crippen LogP contribution in [0.1, 0.15) is 62.5 Å². The summed E-state index contributed by atoms with van der Waals surface area (Å²) >= 11 is 1.92. The van der Waals surface area contributed by atoms with Gasteiger partial charge in [-0.25, -0.2) is 0 Å². The van der Waals surface area contributed by atoms with Crippen molar-refractivity contribution in [3.8, 4) is 11.1 Å². The van der Waals surface area contributed by atoms with Crippen molar-refractivity contribution in [3.63, 3.8) is 0 Å². The van der Waals surface area contributed by atoms with E-state index in [-0.39, 0.29) is 5.41 Å². The van der Waals surface area contributed by atoms with Crippen LogP contribution in [0.15, 0.2) is 174 Å². The number of rotatable bonds is 6. The number of anilines is 2. The van der Waals surface area contributed by atoms with Crippen molar-refractivity contribution >= 4 is 75.6 Å². The summed E-state index contributed by atoms with van der Waals surface area (Å²) in [5.74, 6) is 0.593. The van der Waals surface area contributed by atoms with Gasteiger partial charge >= 0.3 is 0 Å². The van der Waals surface area contributed by atoms with E-state index >= 15 is 0 Å². The number of hydrogen-bond acceptors (Lipinski definition) is 3. The molecule has 1 saturated carbocycles. The van der Waals surface area contributed by atoms with Crippen LogP contribution in [-0.4, -0.2) is 0 Å². The Hall–Kier alpha value is -5.90. The lowest BCUT2D eigenvalue weighted by Crippen LogP contribution is -2.25. The van der Waals surface area contributed by atoms with Gasteiger partial charge in [-0.15, -0.1) is 11.3 Å². The Morgan fingerprint density at radius 1 is 0.607 bits per heavy atom. The number of benzene rings is 7. The minimum Gasteiger partial charge on any atom is -0.456 e. The van der Waals surface area contributed by atoms with Crippen LogP contribution in [0.4, 0.5) is 11.4 Å². The summed E-state index contributed by atoms with van der Waals surface area (Å²) in [6.07, 6.45) is 14.7. The van der Waals surface area contributed by atoms with E-state index in [1.807, 2.05) is 11.3 Å². The molecule has 1 atom stereocenters. The Labute approximate surface area is 332 Å². The molecule has 56 heavy (non-hydrogen) atoms. The molecule has 1 fully saturated rings. The Morgan fingerprint density at radius 2 is 1.30 bits per heavy atom. The van der Waals surface area contributed by atoms with Gasteiger partial charge < -0.3 is 9.32 Å². The molecule has 7 aromatic carbocycles. The highest BCUT2D eigenvalue weighted by molar-refractivity contribution is 7.26. The van der Waals surface area contributed by atoms with E-state index in [0.29, 0.717) is 5.92 Å². The predicted octanol–water partition coefficient (Wildman–Crippen LogP) is 15.8. The average Bonchev–Trinajstić information content (AvgIpc) is 3.84. The normalized spacial score (nSPS) is 17.7. The number of hydrogen-bond donors (Lipinski definition) is 0. The molecule has 0 N–H and O–H groups in total. The molecular weight excluding hydrogens is 699 g/mol. The van der Waals surface area contributed by atoms with Crippen LogP contribution >= 0.6 is 11.3 Å². The summed E-state index contributed by atoms with van der Waals surface area (Å²) in [6.45, 7) is 2.40. The Kier molecular flexibility index (Phi) is 8.00. The van der Waals surface area contributed by atoms with E-state index < -0.39 is 0 Å². The lowest BCUT2D eigenvalue weighted by atomic mass is 9.76. The first-order valence-electron chi connectivity index (χ1n) is 20.3. The fraction of sp³-hybridized carbons (Fsp3) is 0.170. The van der Waals surface area contributed by atoms with Gasteiger partial charge in [0, 0.05) is 42.2 Å². The van der Waals surface area contributed by atoms with E-state index in [0.717, 1.165) is 34.0 Å². The summed E-state index contributed by atoms with van der Waals surface area (Å²) in [5.41, 5.74) is 10.6. The molecule has 2 nitrogen and oxygen atoms in total. The van der Waals surface area contributed by atoms with Gasteiger partial charge in [-0.3, -0.25) is 0 Å². The quantitative estimate of drug-likeness (QED) is 0.169. The summed E-state index contributed by atoms with van der Waals surface area (Å²) in [7, 11) is 0. The minimum atomic E-state index is -0.159. The summed E-state index contributed by atoms with van der Waals surface area (Å²) in [4.78, 5) is 2.51. The number of nitrogens with zero attached hydrogens (tertiary/aromatic N) is 1. The van der Waals surface area contributed by atoms with E-state index in [1.165, 1.54) is 96.7 Å². The highest BCUT2D eigenvalue weighted by Gasteiger charge is 2.31. The van der Waals surface area contributed by atoms with E-state index in [4.69, 9.17) is 4.42 Å². The van der Waals surface area contributed by atoms with Crippen LogP contribution in [0.25, 0.3) is 64.0 Å². The molecule has 11 rings (SSSR count). The van der Waals surface area contributed by atoms with Crippen molar-refractivity contribution in [2.24, 2.45) is 0 Å². The third kappa shape index (κ3) is 5.36. The van der Waals surface area contributed by atoms with E-state index in [2.05, 4.69) is 176 Å². The van der Waals surface area contributed by atoms with Gasteiger partial charge in [0.15, 0.2) is 0 Å². The second kappa shape index (κ2) is 13.4. The van der Waals surface area contributed by atoms with Crippen LogP contribution in [0.2, 0.25) is 0 Å². The monoisotopic (exact) mass is 741 g/mol. The zero-order valence-corrected chi connectivity index (χ0v) is 32.5. The third-order valence-electron chi connectivity index (χ3n) is 12.7. The van der Waals surface area contributed by atoms with Crippen molar-refractivity contribution in [2.45, 2.75) is 56.8 Å². The smallest absolute Gasteiger partial charge is 0.137 e. The molecule has 0 radical (unpaired) electrons. The number of para-hydroxylation sites is 2. The lowest BCUT2D eigenvalue weighted by Gasteiger charge is -2.35. The molecule has 0 bridgehead atoms. The average molecular weight is 742 g/mol. The van der Waals surface area contributed by atoms with Gasteiger partial charge in [-0.1, -0.05) is 154 Å². The largest absolute Gasteiger partial charge is 0.456 e. The van der Waals surface area contributed by atoms with Crippen LogP contribution < -0.4 is 4.90 Å². The molecule has 0 aliphatic heterocycles. The van der Waals surface area contributed by atoms with Crippen LogP contribution in [-0.2, 0) is 5.41 Å². The Balaban J connectivity index is 1.11. The molecule has 0 amide bonds. The van der Waals surface area contributed by atoms with Crippen LogP contribution in [0.5, 0.6) is 0 Å². The topological polar surface area (TPSA) is 16.4 Å². The van der Waals surface area contributed by atoms with Gasteiger partial charge in [-0.2, -0.15) is 0 Å². The second-order valence-corrected chi connectivity index (χ2v) is 17.1. The summed E-state index contributed by atoms with van der Waals surface area (Å²) < 4.78 is 9.25. The van der Waals surface area contributed by atoms with Crippen molar-refractivity contribution in [1.29, 1.82) is 0 Å². The van der Waals surface area contributed by atoms with Gasteiger partial charge in [0.25, 0.3) is 0 Å². The highest BCUT2D eigenvalue weighted by Crippen LogP contribution is 2.49. The van der Waals surface area contributed by atoms with Gasteiger partial charge in [0.2, 0.25) is 0 Å². The highest BCUT2D eigenvalue weighted by atomic mass is 32.1. The zero-order chi connectivity index (χ0) is 37.2. The maximum Gasteiger partial charge on any atom is 0.137 e. The zero-order valence-electron chi connectivity index (χ0n) is 31.7. The Bertz CT molecular complexity index is 3020. The lowest BCUT2D eigenvalue weighted by molar-refractivity contribution is 0.445. The van der Waals surface area contributed by atoms with E-state index in [9.17, 15) is 0 Å². The number of fused-ring (bicyclic) bond motifs is 7. The third-order valence-corrected chi connectivity index (χ3v) is 13.9. The SMILES string of the molecule is CC1(c2cccc3c2sc2ccccc23)C=CC(N(c2ccccc2-c2cccc3cccc(C4CCCCC4)c23)c2cccc3oc4ccccc4c23)=CC1. The molecule has 9 aromatic rings. The molecular formula is C53H43NOS. The van der Waals surface area contributed by atoms with Gasteiger partial charge in [-0.05, 0) is 89.1 Å². The van der Waals surface area contributed by atoms with Gasteiger partial charge in [0.1, 0.15) is 11.2 Å². The first-order chi connectivity index (χ1) is 27.6. The Morgan fingerprint density at radius 3 is 2.18 bits per heavy atom. The standard InChI is InChI=1S/C53H43NOS/c1-53(44-25-13-24-42-40-20-7-10-30-49(40)56-52(42)44)33-31-37(32-34-53)54(46-27-14-29-48-51(46)43-21-6-9-28-47(43)55-48)45-26-8-5-19-39(45)41-23-12-18-36-17-11-22-38(50(36)41)35-15-3-2-4-16-35/h5-14,17-33,35H,2-4,15-16,34H2,1H3. The maximum atomic E-state index is 6.52. The number of furan rings is 1. The fourth-order valence-electron chi connectivity index (χ4n) is 9.88. The number of thiophene rings is 1.